The highest BCUT2D eigenvalue weighted by Gasteiger charge is 2.34. The molecule has 5 heteroatoms. The Labute approximate surface area is 89.0 Å². The Bertz CT molecular complexity index is 278. The monoisotopic (exact) mass is 212 g/mol. The van der Waals surface area contributed by atoms with Crippen molar-refractivity contribution < 1.29 is 14.7 Å². The molecule has 0 aromatic rings. The summed E-state index contributed by atoms with van der Waals surface area (Å²) in [5, 5.41) is 8.72. The molecule has 0 aromatic heterocycles. The number of likely N-dealkylation sites (tertiary alicyclic amines) is 1. The minimum absolute atomic E-state index is 0.00176. The largest absolute Gasteiger partial charge is 0.480 e. The molecule has 0 saturated carbocycles. The zero-order valence-electron chi connectivity index (χ0n) is 8.85. The van der Waals surface area contributed by atoms with Gasteiger partial charge in [-0.3, -0.25) is 14.5 Å². The average molecular weight is 212 g/mol. The molecule has 1 unspecified atom stereocenters. The number of amides is 1. The van der Waals surface area contributed by atoms with Crippen LogP contribution >= 0.6 is 0 Å². The first-order valence-electron chi connectivity index (χ1n) is 4.88. The molecule has 0 radical (unpaired) electrons. The molecule has 0 aromatic carbocycles. The fraction of sp³-hybridized carbons (Fsp3) is 0.600. The van der Waals surface area contributed by atoms with Crippen molar-refractivity contribution >= 4 is 11.9 Å². The van der Waals surface area contributed by atoms with Gasteiger partial charge in [0.05, 0.1) is 12.6 Å². The minimum Gasteiger partial charge on any atom is -0.480 e. The summed E-state index contributed by atoms with van der Waals surface area (Å²) in [5.41, 5.74) is 0. The highest BCUT2D eigenvalue weighted by atomic mass is 16.4. The number of aliphatic carboxylic acids is 1. The van der Waals surface area contributed by atoms with Crippen LogP contribution in [0.4, 0.5) is 0 Å². The van der Waals surface area contributed by atoms with Gasteiger partial charge in [0.25, 0.3) is 0 Å². The van der Waals surface area contributed by atoms with Gasteiger partial charge in [-0.15, -0.1) is 6.58 Å². The number of nitrogens with zero attached hydrogens (tertiary/aromatic N) is 2. The number of hydrogen-bond donors (Lipinski definition) is 1. The van der Waals surface area contributed by atoms with Crippen molar-refractivity contribution in [2.45, 2.75) is 12.5 Å². The first-order valence-corrected chi connectivity index (χ1v) is 4.88. The lowest BCUT2D eigenvalue weighted by atomic mass is 10.2. The molecule has 1 atom stereocenters. The van der Waals surface area contributed by atoms with Gasteiger partial charge in [-0.05, 0) is 6.42 Å². The normalized spacial score (nSPS) is 21.1. The summed E-state index contributed by atoms with van der Waals surface area (Å²) in [4.78, 5) is 25.6. The van der Waals surface area contributed by atoms with Crippen molar-refractivity contribution in [2.75, 3.05) is 26.7 Å². The average Bonchev–Trinajstić information content (AvgIpc) is 2.46. The van der Waals surface area contributed by atoms with E-state index in [0.717, 1.165) is 0 Å². The molecule has 1 saturated heterocycles. The number of carbonyl (C=O) groups excluding carboxylic acids is 1. The van der Waals surface area contributed by atoms with Crippen LogP contribution in [-0.4, -0.2) is 59.5 Å². The summed E-state index contributed by atoms with van der Waals surface area (Å²) in [5.74, 6) is -0.919. The van der Waals surface area contributed by atoms with E-state index in [1.807, 2.05) is 0 Å². The highest BCUT2D eigenvalue weighted by Crippen LogP contribution is 2.15. The molecule has 1 aliphatic heterocycles. The van der Waals surface area contributed by atoms with E-state index in [1.165, 1.54) is 0 Å². The third kappa shape index (κ3) is 2.79. The Balaban J connectivity index is 2.67. The second-order valence-corrected chi connectivity index (χ2v) is 3.68. The lowest BCUT2D eigenvalue weighted by Crippen LogP contribution is -2.43. The van der Waals surface area contributed by atoms with Crippen molar-refractivity contribution in [1.29, 1.82) is 0 Å². The molecular formula is C10H16N2O3. The SMILES string of the molecule is C=CCN(CC(=O)O)C1CCN(C)C1=O. The van der Waals surface area contributed by atoms with Crippen molar-refractivity contribution in [3.05, 3.63) is 12.7 Å². The summed E-state index contributed by atoms with van der Waals surface area (Å²) in [7, 11) is 1.73. The van der Waals surface area contributed by atoms with E-state index >= 15 is 0 Å². The van der Waals surface area contributed by atoms with E-state index in [1.54, 1.807) is 22.9 Å². The van der Waals surface area contributed by atoms with Crippen LogP contribution in [0.25, 0.3) is 0 Å². The standard InChI is InChI=1S/C10H16N2O3/c1-3-5-12(7-9(13)14)8-4-6-11(2)10(8)15/h3,8H,1,4-7H2,2H3,(H,13,14). The summed E-state index contributed by atoms with van der Waals surface area (Å²) < 4.78 is 0. The van der Waals surface area contributed by atoms with E-state index in [2.05, 4.69) is 6.58 Å². The second-order valence-electron chi connectivity index (χ2n) is 3.68. The van der Waals surface area contributed by atoms with Gasteiger partial charge in [0.15, 0.2) is 0 Å². The maximum Gasteiger partial charge on any atom is 0.317 e. The van der Waals surface area contributed by atoms with E-state index in [-0.39, 0.29) is 18.5 Å². The fourth-order valence-electron chi connectivity index (χ4n) is 1.78. The molecule has 1 amide bonds. The zero-order chi connectivity index (χ0) is 11.4. The van der Waals surface area contributed by atoms with Gasteiger partial charge in [0.2, 0.25) is 5.91 Å². The van der Waals surface area contributed by atoms with E-state index in [4.69, 9.17) is 5.11 Å². The Hall–Kier alpha value is -1.36. The van der Waals surface area contributed by atoms with Crippen LogP contribution in [0, 0.1) is 0 Å². The highest BCUT2D eigenvalue weighted by molar-refractivity contribution is 5.84. The molecule has 1 rings (SSSR count). The molecule has 0 spiro atoms. The van der Waals surface area contributed by atoms with Gasteiger partial charge >= 0.3 is 5.97 Å². The van der Waals surface area contributed by atoms with Gasteiger partial charge in [-0.25, -0.2) is 0 Å². The van der Waals surface area contributed by atoms with Crippen LogP contribution in [0.1, 0.15) is 6.42 Å². The van der Waals surface area contributed by atoms with Crippen LogP contribution in [0.2, 0.25) is 0 Å². The Morgan fingerprint density at radius 2 is 2.47 bits per heavy atom. The Kier molecular flexibility index (Phi) is 3.85. The fourth-order valence-corrected chi connectivity index (χ4v) is 1.78. The minimum atomic E-state index is -0.917. The number of carbonyl (C=O) groups is 2. The molecule has 1 heterocycles. The Morgan fingerprint density at radius 1 is 1.80 bits per heavy atom. The Morgan fingerprint density at radius 3 is 2.87 bits per heavy atom. The number of carboxylic acid groups (broad SMARTS) is 1. The van der Waals surface area contributed by atoms with Gasteiger partial charge in [-0.1, -0.05) is 6.08 Å². The van der Waals surface area contributed by atoms with Crippen LogP contribution in [0.3, 0.4) is 0 Å². The predicted molar refractivity (Wildman–Crippen MR) is 55.4 cm³/mol. The van der Waals surface area contributed by atoms with Crippen LogP contribution in [0.15, 0.2) is 12.7 Å². The molecule has 1 fully saturated rings. The maximum absolute atomic E-state index is 11.7. The molecular weight excluding hydrogens is 196 g/mol. The van der Waals surface area contributed by atoms with Crippen LogP contribution in [-0.2, 0) is 9.59 Å². The first-order chi connectivity index (χ1) is 7.06. The number of rotatable bonds is 5. The maximum atomic E-state index is 11.7. The van der Waals surface area contributed by atoms with Crippen LogP contribution < -0.4 is 0 Å². The smallest absolute Gasteiger partial charge is 0.317 e. The summed E-state index contributed by atoms with van der Waals surface area (Å²) in [6.07, 6.45) is 2.31. The molecule has 5 nitrogen and oxygen atoms in total. The molecule has 0 bridgehead atoms. The molecule has 1 aliphatic rings. The zero-order valence-corrected chi connectivity index (χ0v) is 8.85. The number of likely N-dealkylation sites (N-methyl/N-ethyl adjacent to an activating group) is 1. The first kappa shape index (κ1) is 11.7. The topological polar surface area (TPSA) is 60.9 Å². The molecule has 15 heavy (non-hydrogen) atoms. The van der Waals surface area contributed by atoms with Gasteiger partial charge in [0.1, 0.15) is 0 Å². The van der Waals surface area contributed by atoms with Crippen molar-refractivity contribution in [3.8, 4) is 0 Å². The number of carboxylic acids is 1. The van der Waals surface area contributed by atoms with Crippen molar-refractivity contribution in [2.24, 2.45) is 0 Å². The van der Waals surface area contributed by atoms with Gasteiger partial charge in [0, 0.05) is 20.1 Å². The predicted octanol–water partition coefficient (Wildman–Crippen LogP) is -0.210. The summed E-state index contributed by atoms with van der Waals surface area (Å²) >= 11 is 0. The van der Waals surface area contributed by atoms with Gasteiger partial charge < -0.3 is 10.0 Å². The van der Waals surface area contributed by atoms with Crippen molar-refractivity contribution in [3.63, 3.8) is 0 Å². The van der Waals surface area contributed by atoms with E-state index < -0.39 is 5.97 Å². The third-order valence-electron chi connectivity index (χ3n) is 2.54. The van der Waals surface area contributed by atoms with E-state index in [0.29, 0.717) is 19.5 Å². The summed E-state index contributed by atoms with van der Waals surface area (Å²) in [6, 6.07) is -0.302. The molecule has 1 N–H and O–H groups in total. The van der Waals surface area contributed by atoms with E-state index in [9.17, 15) is 9.59 Å². The van der Waals surface area contributed by atoms with Gasteiger partial charge in [-0.2, -0.15) is 0 Å². The third-order valence-corrected chi connectivity index (χ3v) is 2.54. The lowest BCUT2D eigenvalue weighted by molar-refractivity contribution is -0.140. The quantitative estimate of drug-likeness (QED) is 0.641. The molecule has 84 valence electrons. The second kappa shape index (κ2) is 4.93. The van der Waals surface area contributed by atoms with Crippen LogP contribution in [0.5, 0.6) is 0 Å². The lowest BCUT2D eigenvalue weighted by Gasteiger charge is -2.24. The summed E-state index contributed by atoms with van der Waals surface area (Å²) in [6.45, 7) is 4.57. The van der Waals surface area contributed by atoms with Crippen molar-refractivity contribution in [1.82, 2.24) is 9.80 Å². The number of hydrogen-bond acceptors (Lipinski definition) is 3. The molecule has 0 aliphatic carbocycles.